The Balaban J connectivity index is 2.12. The largest absolute Gasteiger partial charge is 0.493 e. The lowest BCUT2D eigenvalue weighted by atomic mass is 10.1. The number of halogens is 2. The standard InChI is InChI=1S/C13H7BrClN3O2S/c14-7-3-1-6(2-4-7)9-11(19)17-10(18-12(9)20)13-16-5-8(15)21-13/h1-5H,(H2,17,18,19,20). The van der Waals surface area contributed by atoms with Crippen LogP contribution in [0.3, 0.4) is 0 Å². The molecule has 0 fully saturated rings. The molecule has 2 N–H and O–H groups in total. The van der Waals surface area contributed by atoms with Gasteiger partial charge in [-0.3, -0.25) is 4.79 Å². The first kappa shape index (κ1) is 14.2. The molecule has 3 aromatic rings. The number of benzene rings is 1. The van der Waals surface area contributed by atoms with Crippen molar-refractivity contribution < 1.29 is 5.11 Å². The van der Waals surface area contributed by atoms with Crippen LogP contribution in [0.4, 0.5) is 0 Å². The molecule has 0 aliphatic carbocycles. The van der Waals surface area contributed by atoms with E-state index >= 15 is 0 Å². The fourth-order valence-electron chi connectivity index (χ4n) is 1.80. The molecule has 5 nitrogen and oxygen atoms in total. The fraction of sp³-hybridized carbons (Fsp3) is 0. The van der Waals surface area contributed by atoms with Crippen LogP contribution in [0.5, 0.6) is 5.88 Å². The van der Waals surface area contributed by atoms with E-state index in [0.717, 1.165) is 4.47 Å². The van der Waals surface area contributed by atoms with Crippen LogP contribution in [0.25, 0.3) is 22.0 Å². The lowest BCUT2D eigenvalue weighted by molar-refractivity contribution is 0.454. The second-order valence-corrected chi connectivity index (χ2v) is 6.67. The van der Waals surface area contributed by atoms with Gasteiger partial charge in [-0.05, 0) is 17.7 Å². The number of aromatic amines is 1. The van der Waals surface area contributed by atoms with Crippen molar-refractivity contribution >= 4 is 38.9 Å². The molecule has 0 saturated heterocycles. The highest BCUT2D eigenvalue weighted by molar-refractivity contribution is 9.10. The molecule has 8 heteroatoms. The smallest absolute Gasteiger partial charge is 0.263 e. The first-order valence-electron chi connectivity index (χ1n) is 5.75. The van der Waals surface area contributed by atoms with E-state index in [1.165, 1.54) is 17.5 Å². The molecule has 0 bridgehead atoms. The molecule has 0 radical (unpaired) electrons. The van der Waals surface area contributed by atoms with Crippen molar-refractivity contribution in [3.63, 3.8) is 0 Å². The van der Waals surface area contributed by atoms with E-state index in [-0.39, 0.29) is 17.3 Å². The van der Waals surface area contributed by atoms with Gasteiger partial charge in [0.2, 0.25) is 5.88 Å². The van der Waals surface area contributed by atoms with Gasteiger partial charge in [0.05, 0.1) is 6.20 Å². The molecule has 0 spiro atoms. The minimum atomic E-state index is -0.439. The third-order valence-electron chi connectivity index (χ3n) is 2.71. The molecule has 0 amide bonds. The third-order valence-corrected chi connectivity index (χ3v) is 4.36. The summed E-state index contributed by atoms with van der Waals surface area (Å²) in [6, 6.07) is 7.00. The van der Waals surface area contributed by atoms with Crippen LogP contribution in [0.1, 0.15) is 0 Å². The molecule has 0 aliphatic rings. The molecule has 0 atom stereocenters. The number of H-pyrrole nitrogens is 1. The van der Waals surface area contributed by atoms with Gasteiger partial charge in [-0.1, -0.05) is 51.0 Å². The first-order valence-corrected chi connectivity index (χ1v) is 7.74. The SMILES string of the molecule is O=c1[nH]c(-c2ncc(Cl)s2)nc(O)c1-c1ccc(Br)cc1. The van der Waals surface area contributed by atoms with Crippen molar-refractivity contribution in [1.29, 1.82) is 0 Å². The molecular formula is C13H7BrClN3O2S. The van der Waals surface area contributed by atoms with Gasteiger partial charge in [-0.15, -0.1) is 0 Å². The number of thiazole rings is 1. The maximum atomic E-state index is 12.2. The predicted molar refractivity (Wildman–Crippen MR) is 85.8 cm³/mol. The average molecular weight is 385 g/mol. The summed E-state index contributed by atoms with van der Waals surface area (Å²) in [7, 11) is 0. The van der Waals surface area contributed by atoms with Gasteiger partial charge in [-0.2, -0.15) is 4.98 Å². The van der Waals surface area contributed by atoms with Gasteiger partial charge < -0.3 is 10.1 Å². The van der Waals surface area contributed by atoms with Crippen molar-refractivity contribution in [3.8, 4) is 27.8 Å². The lowest BCUT2D eigenvalue weighted by Gasteiger charge is -2.05. The second-order valence-electron chi connectivity index (χ2n) is 4.09. The molecule has 0 saturated carbocycles. The zero-order valence-corrected chi connectivity index (χ0v) is 13.5. The van der Waals surface area contributed by atoms with Crippen LogP contribution in [0.2, 0.25) is 4.34 Å². The van der Waals surface area contributed by atoms with E-state index in [9.17, 15) is 9.90 Å². The Bertz CT molecular complexity index is 861. The van der Waals surface area contributed by atoms with E-state index < -0.39 is 5.56 Å². The predicted octanol–water partition coefficient (Wildman–Crippen LogP) is 3.68. The highest BCUT2D eigenvalue weighted by Gasteiger charge is 2.15. The van der Waals surface area contributed by atoms with Crippen molar-refractivity contribution in [2.45, 2.75) is 0 Å². The van der Waals surface area contributed by atoms with E-state index in [4.69, 9.17) is 11.6 Å². The third kappa shape index (κ3) is 2.85. The molecule has 106 valence electrons. The van der Waals surface area contributed by atoms with Crippen LogP contribution >= 0.6 is 38.9 Å². The minimum Gasteiger partial charge on any atom is -0.493 e. The summed E-state index contributed by atoms with van der Waals surface area (Å²) < 4.78 is 1.35. The lowest BCUT2D eigenvalue weighted by Crippen LogP contribution is -2.12. The summed E-state index contributed by atoms with van der Waals surface area (Å²) in [4.78, 5) is 22.8. The zero-order valence-electron chi connectivity index (χ0n) is 10.3. The number of nitrogens with one attached hydrogen (secondary N) is 1. The van der Waals surface area contributed by atoms with Gasteiger partial charge in [0, 0.05) is 4.47 Å². The molecule has 1 aromatic carbocycles. The van der Waals surface area contributed by atoms with Crippen LogP contribution in [0, 0.1) is 0 Å². The maximum absolute atomic E-state index is 12.2. The Labute approximate surface area is 136 Å². The Morgan fingerprint density at radius 2 is 2.00 bits per heavy atom. The molecule has 2 heterocycles. The van der Waals surface area contributed by atoms with Crippen LogP contribution in [-0.4, -0.2) is 20.1 Å². The van der Waals surface area contributed by atoms with Crippen LogP contribution < -0.4 is 5.56 Å². The van der Waals surface area contributed by atoms with Gasteiger partial charge in [-0.25, -0.2) is 4.98 Å². The highest BCUT2D eigenvalue weighted by Crippen LogP contribution is 2.29. The summed E-state index contributed by atoms with van der Waals surface area (Å²) in [5.74, 6) is -0.155. The van der Waals surface area contributed by atoms with Crippen molar-refractivity contribution in [2.75, 3.05) is 0 Å². The van der Waals surface area contributed by atoms with E-state index in [1.807, 2.05) is 0 Å². The van der Waals surface area contributed by atoms with E-state index in [2.05, 4.69) is 30.9 Å². The number of hydrogen-bond donors (Lipinski definition) is 2. The zero-order chi connectivity index (χ0) is 15.0. The summed E-state index contributed by atoms with van der Waals surface area (Å²) in [5.41, 5.74) is 0.258. The van der Waals surface area contributed by atoms with E-state index in [1.54, 1.807) is 24.3 Å². The Hall–Kier alpha value is -1.70. The van der Waals surface area contributed by atoms with Crippen molar-refractivity contribution in [3.05, 3.63) is 49.6 Å². The van der Waals surface area contributed by atoms with Gasteiger partial charge in [0.1, 0.15) is 9.90 Å². The summed E-state index contributed by atoms with van der Waals surface area (Å²) in [6.07, 6.45) is 1.46. The van der Waals surface area contributed by atoms with E-state index in [0.29, 0.717) is 14.9 Å². The van der Waals surface area contributed by atoms with Crippen LogP contribution in [-0.2, 0) is 0 Å². The molecule has 2 aromatic heterocycles. The average Bonchev–Trinajstić information content (AvgIpc) is 2.87. The molecule has 21 heavy (non-hydrogen) atoms. The number of rotatable bonds is 2. The van der Waals surface area contributed by atoms with Crippen molar-refractivity contribution in [2.24, 2.45) is 0 Å². The summed E-state index contributed by atoms with van der Waals surface area (Å²) in [6.45, 7) is 0. The molecule has 0 unspecified atom stereocenters. The summed E-state index contributed by atoms with van der Waals surface area (Å²) >= 11 is 10.3. The first-order chi connectivity index (χ1) is 10.0. The normalized spacial score (nSPS) is 10.8. The van der Waals surface area contributed by atoms with Crippen molar-refractivity contribution in [1.82, 2.24) is 15.0 Å². The highest BCUT2D eigenvalue weighted by atomic mass is 79.9. The van der Waals surface area contributed by atoms with Crippen LogP contribution in [0.15, 0.2) is 39.7 Å². The Kier molecular flexibility index (Phi) is 3.79. The topological polar surface area (TPSA) is 78.9 Å². The molecule has 0 aliphatic heterocycles. The maximum Gasteiger partial charge on any atom is 0.263 e. The molecular weight excluding hydrogens is 378 g/mol. The second kappa shape index (κ2) is 5.59. The Morgan fingerprint density at radius 1 is 1.29 bits per heavy atom. The number of hydrogen-bond acceptors (Lipinski definition) is 5. The quantitative estimate of drug-likeness (QED) is 0.706. The number of aromatic nitrogens is 3. The van der Waals surface area contributed by atoms with Gasteiger partial charge in [0.15, 0.2) is 10.8 Å². The Morgan fingerprint density at radius 3 is 2.57 bits per heavy atom. The summed E-state index contributed by atoms with van der Waals surface area (Å²) in [5, 5.41) is 10.5. The molecule has 3 rings (SSSR count). The minimum absolute atomic E-state index is 0.119. The fourth-order valence-corrected chi connectivity index (χ4v) is 2.92. The van der Waals surface area contributed by atoms with Gasteiger partial charge in [0.25, 0.3) is 5.56 Å². The number of nitrogens with zero attached hydrogens (tertiary/aromatic N) is 2. The van der Waals surface area contributed by atoms with Gasteiger partial charge >= 0.3 is 0 Å². The monoisotopic (exact) mass is 383 g/mol. The number of aromatic hydroxyl groups is 1.